The topological polar surface area (TPSA) is 64.3 Å². The van der Waals surface area contributed by atoms with E-state index in [1.807, 2.05) is 22.0 Å². The third-order valence-electron chi connectivity index (χ3n) is 4.11. The summed E-state index contributed by atoms with van der Waals surface area (Å²) in [6, 6.07) is 6.60. The SMILES string of the molecule is CCCc1nc2ncccn2c1-c1csc(Nc2ccc(OC)c(F)c2)n1. The number of hydrogen-bond donors (Lipinski definition) is 1. The Balaban J connectivity index is 1.68. The summed E-state index contributed by atoms with van der Waals surface area (Å²) in [5, 5.41) is 5.79. The highest BCUT2D eigenvalue weighted by molar-refractivity contribution is 7.14. The number of nitrogens with zero attached hydrogens (tertiary/aromatic N) is 4. The van der Waals surface area contributed by atoms with E-state index in [-0.39, 0.29) is 5.75 Å². The van der Waals surface area contributed by atoms with E-state index in [0.29, 0.717) is 16.6 Å². The molecule has 4 aromatic rings. The smallest absolute Gasteiger partial charge is 0.234 e. The number of hydrogen-bond acceptors (Lipinski definition) is 6. The van der Waals surface area contributed by atoms with Gasteiger partial charge in [0.25, 0.3) is 0 Å². The van der Waals surface area contributed by atoms with Crippen LogP contribution < -0.4 is 10.1 Å². The number of benzene rings is 1. The Hall–Kier alpha value is -3.00. The molecule has 0 unspecified atom stereocenters. The van der Waals surface area contributed by atoms with E-state index in [0.717, 1.165) is 29.9 Å². The Morgan fingerprint density at radius 2 is 2.19 bits per heavy atom. The van der Waals surface area contributed by atoms with Crippen LogP contribution in [0.4, 0.5) is 15.2 Å². The molecular formula is C19H18FN5OS. The number of fused-ring (bicyclic) bond motifs is 1. The number of halogens is 1. The summed E-state index contributed by atoms with van der Waals surface area (Å²) >= 11 is 1.46. The van der Waals surface area contributed by atoms with Crippen molar-refractivity contribution in [1.82, 2.24) is 19.4 Å². The number of anilines is 2. The van der Waals surface area contributed by atoms with Gasteiger partial charge in [-0.3, -0.25) is 4.40 Å². The van der Waals surface area contributed by atoms with E-state index in [1.54, 1.807) is 18.3 Å². The summed E-state index contributed by atoms with van der Waals surface area (Å²) in [5.74, 6) is 0.455. The fourth-order valence-electron chi connectivity index (χ4n) is 2.92. The first-order chi connectivity index (χ1) is 13.2. The number of rotatable bonds is 6. The van der Waals surface area contributed by atoms with Crippen LogP contribution in [0.15, 0.2) is 42.0 Å². The van der Waals surface area contributed by atoms with Crippen molar-refractivity contribution in [2.24, 2.45) is 0 Å². The number of ether oxygens (including phenoxy) is 1. The molecule has 27 heavy (non-hydrogen) atoms. The molecule has 0 atom stereocenters. The summed E-state index contributed by atoms with van der Waals surface area (Å²) < 4.78 is 20.8. The molecule has 3 heterocycles. The molecule has 1 N–H and O–H groups in total. The van der Waals surface area contributed by atoms with Crippen LogP contribution in [-0.4, -0.2) is 26.5 Å². The molecular weight excluding hydrogens is 365 g/mol. The lowest BCUT2D eigenvalue weighted by Gasteiger charge is -2.06. The van der Waals surface area contributed by atoms with Crippen molar-refractivity contribution in [3.05, 3.63) is 53.6 Å². The lowest BCUT2D eigenvalue weighted by atomic mass is 10.2. The van der Waals surface area contributed by atoms with Crippen molar-refractivity contribution >= 4 is 27.9 Å². The van der Waals surface area contributed by atoms with Gasteiger partial charge in [0, 0.05) is 29.5 Å². The standard InChI is InChI=1S/C19H18FN5OS/c1-3-5-14-17(25-9-4-8-21-18(25)23-14)15-11-27-19(24-15)22-12-6-7-16(26-2)13(20)10-12/h4,6-11H,3,5H2,1-2H3,(H,22,24). The summed E-state index contributed by atoms with van der Waals surface area (Å²) in [6.45, 7) is 2.12. The van der Waals surface area contributed by atoms with Crippen molar-refractivity contribution in [3.63, 3.8) is 0 Å². The molecule has 6 nitrogen and oxygen atoms in total. The second-order valence-corrected chi connectivity index (χ2v) is 6.82. The van der Waals surface area contributed by atoms with Crippen LogP contribution >= 0.6 is 11.3 Å². The van der Waals surface area contributed by atoms with Gasteiger partial charge in [-0.2, -0.15) is 0 Å². The summed E-state index contributed by atoms with van der Waals surface area (Å²) in [6.07, 6.45) is 5.50. The van der Waals surface area contributed by atoms with Gasteiger partial charge in [-0.15, -0.1) is 11.3 Å². The Morgan fingerprint density at radius 3 is 2.96 bits per heavy atom. The predicted octanol–water partition coefficient (Wildman–Crippen LogP) is 4.70. The van der Waals surface area contributed by atoms with Crippen molar-refractivity contribution in [2.45, 2.75) is 19.8 Å². The van der Waals surface area contributed by atoms with E-state index < -0.39 is 5.82 Å². The minimum absolute atomic E-state index is 0.211. The molecule has 0 fully saturated rings. The number of aromatic nitrogens is 4. The van der Waals surface area contributed by atoms with Crippen LogP contribution in [0.5, 0.6) is 5.75 Å². The van der Waals surface area contributed by atoms with Crippen LogP contribution in [0.2, 0.25) is 0 Å². The van der Waals surface area contributed by atoms with Crippen molar-refractivity contribution in [3.8, 4) is 17.1 Å². The normalized spacial score (nSPS) is 11.1. The average Bonchev–Trinajstić information content (AvgIpc) is 3.26. The maximum absolute atomic E-state index is 13.9. The van der Waals surface area contributed by atoms with Crippen LogP contribution in [-0.2, 0) is 6.42 Å². The number of aryl methyl sites for hydroxylation is 1. The Bertz CT molecular complexity index is 1090. The Labute approximate surface area is 159 Å². The summed E-state index contributed by atoms with van der Waals surface area (Å²) in [4.78, 5) is 13.6. The van der Waals surface area contributed by atoms with Crippen LogP contribution in [0.3, 0.4) is 0 Å². The maximum atomic E-state index is 13.9. The highest BCUT2D eigenvalue weighted by Crippen LogP contribution is 2.31. The van der Waals surface area contributed by atoms with Gasteiger partial charge >= 0.3 is 0 Å². The molecule has 0 bridgehead atoms. The fraction of sp³-hybridized carbons (Fsp3) is 0.211. The molecule has 0 spiro atoms. The quantitative estimate of drug-likeness (QED) is 0.523. The van der Waals surface area contributed by atoms with Gasteiger partial charge in [-0.1, -0.05) is 13.3 Å². The Morgan fingerprint density at radius 1 is 1.30 bits per heavy atom. The van der Waals surface area contributed by atoms with Gasteiger partial charge in [0.15, 0.2) is 16.7 Å². The summed E-state index contributed by atoms with van der Waals surface area (Å²) in [7, 11) is 1.44. The molecule has 0 aliphatic heterocycles. The average molecular weight is 383 g/mol. The zero-order chi connectivity index (χ0) is 18.8. The molecule has 0 aliphatic carbocycles. The molecule has 1 aromatic carbocycles. The molecule has 4 rings (SSSR count). The van der Waals surface area contributed by atoms with Gasteiger partial charge in [0.1, 0.15) is 5.69 Å². The first kappa shape index (κ1) is 17.4. The van der Waals surface area contributed by atoms with Crippen molar-refractivity contribution in [1.29, 1.82) is 0 Å². The summed E-state index contributed by atoms with van der Waals surface area (Å²) in [5.41, 5.74) is 3.36. The third-order valence-corrected chi connectivity index (χ3v) is 4.87. The number of imidazole rings is 1. The van der Waals surface area contributed by atoms with E-state index in [4.69, 9.17) is 4.74 Å². The van der Waals surface area contributed by atoms with Crippen LogP contribution in [0.25, 0.3) is 17.2 Å². The fourth-order valence-corrected chi connectivity index (χ4v) is 3.64. The van der Waals surface area contributed by atoms with Crippen LogP contribution in [0.1, 0.15) is 19.0 Å². The zero-order valence-electron chi connectivity index (χ0n) is 14.9. The minimum atomic E-state index is -0.419. The van der Waals surface area contributed by atoms with Gasteiger partial charge < -0.3 is 10.1 Å². The maximum Gasteiger partial charge on any atom is 0.234 e. The molecule has 0 radical (unpaired) electrons. The number of nitrogens with one attached hydrogen (secondary N) is 1. The zero-order valence-corrected chi connectivity index (χ0v) is 15.8. The second kappa shape index (κ2) is 7.32. The lowest BCUT2D eigenvalue weighted by Crippen LogP contribution is -1.95. The van der Waals surface area contributed by atoms with Gasteiger partial charge in [-0.25, -0.2) is 19.3 Å². The Kier molecular flexibility index (Phi) is 4.72. The number of thiazole rings is 1. The lowest BCUT2D eigenvalue weighted by molar-refractivity contribution is 0.386. The third kappa shape index (κ3) is 3.35. The molecule has 138 valence electrons. The highest BCUT2D eigenvalue weighted by Gasteiger charge is 2.17. The molecule has 0 saturated heterocycles. The van der Waals surface area contributed by atoms with Crippen molar-refractivity contribution in [2.75, 3.05) is 12.4 Å². The van der Waals surface area contributed by atoms with Crippen LogP contribution in [0, 0.1) is 5.82 Å². The van der Waals surface area contributed by atoms with Gasteiger partial charge in [0.05, 0.1) is 18.5 Å². The van der Waals surface area contributed by atoms with E-state index >= 15 is 0 Å². The number of methoxy groups -OCH3 is 1. The minimum Gasteiger partial charge on any atom is -0.494 e. The van der Waals surface area contributed by atoms with E-state index in [9.17, 15) is 4.39 Å². The second-order valence-electron chi connectivity index (χ2n) is 5.96. The van der Waals surface area contributed by atoms with Gasteiger partial charge in [-0.05, 0) is 24.6 Å². The monoisotopic (exact) mass is 383 g/mol. The molecule has 3 aromatic heterocycles. The highest BCUT2D eigenvalue weighted by atomic mass is 32.1. The molecule has 0 saturated carbocycles. The molecule has 0 amide bonds. The van der Waals surface area contributed by atoms with E-state index in [2.05, 4.69) is 27.2 Å². The first-order valence-corrected chi connectivity index (χ1v) is 9.46. The largest absolute Gasteiger partial charge is 0.494 e. The van der Waals surface area contributed by atoms with E-state index in [1.165, 1.54) is 24.5 Å². The molecule has 0 aliphatic rings. The van der Waals surface area contributed by atoms with Crippen molar-refractivity contribution < 1.29 is 9.13 Å². The van der Waals surface area contributed by atoms with Gasteiger partial charge in [0.2, 0.25) is 5.78 Å². The predicted molar refractivity (Wildman–Crippen MR) is 104 cm³/mol. The first-order valence-electron chi connectivity index (χ1n) is 8.58. The molecule has 8 heteroatoms.